The minimum atomic E-state index is -0.628. The highest BCUT2D eigenvalue weighted by atomic mass is 79.9. The van der Waals surface area contributed by atoms with Gasteiger partial charge in [0.25, 0.3) is 0 Å². The van der Waals surface area contributed by atoms with Crippen LogP contribution in [0.5, 0.6) is 0 Å². The van der Waals surface area contributed by atoms with E-state index in [9.17, 15) is 9.18 Å². The third kappa shape index (κ3) is 3.40. The predicted molar refractivity (Wildman–Crippen MR) is 109 cm³/mol. The maximum Gasteiger partial charge on any atom is 0.246 e. The number of benzene rings is 1. The van der Waals surface area contributed by atoms with Crippen molar-refractivity contribution in [3.05, 3.63) is 52.6 Å². The van der Waals surface area contributed by atoms with E-state index < -0.39 is 18.6 Å². The SMILES string of the molecule is CC(NC(=O)CO)c1nc2c(-c3cnc4ccc(F)cc4c3)cnn2c(N)c1Br. The Labute approximate surface area is 172 Å². The molecule has 0 aliphatic rings. The van der Waals surface area contributed by atoms with Crippen molar-refractivity contribution < 1.29 is 14.3 Å². The molecule has 4 rings (SSSR count). The topological polar surface area (TPSA) is 118 Å². The van der Waals surface area contributed by atoms with Gasteiger partial charge in [-0.2, -0.15) is 9.61 Å². The Morgan fingerprint density at radius 3 is 2.93 bits per heavy atom. The summed E-state index contributed by atoms with van der Waals surface area (Å²) in [4.78, 5) is 20.6. The second kappa shape index (κ2) is 7.37. The zero-order chi connectivity index (χ0) is 20.7. The molecular weight excluding hydrogens is 443 g/mol. The molecule has 0 fully saturated rings. The van der Waals surface area contributed by atoms with Crippen LogP contribution >= 0.6 is 15.9 Å². The molecule has 8 nitrogen and oxygen atoms in total. The lowest BCUT2D eigenvalue weighted by Crippen LogP contribution is -2.30. The van der Waals surface area contributed by atoms with Crippen LogP contribution < -0.4 is 11.1 Å². The number of hydrogen-bond acceptors (Lipinski definition) is 6. The second-order valence-corrected chi connectivity index (χ2v) is 7.29. The van der Waals surface area contributed by atoms with Crippen LogP contribution in [0.4, 0.5) is 10.2 Å². The van der Waals surface area contributed by atoms with Gasteiger partial charge < -0.3 is 16.2 Å². The summed E-state index contributed by atoms with van der Waals surface area (Å²) in [6, 6.07) is 5.68. The lowest BCUT2D eigenvalue weighted by atomic mass is 10.1. The molecule has 10 heteroatoms. The number of carbonyl (C=O) groups excluding carboxylic acids is 1. The predicted octanol–water partition coefficient (Wildman–Crippen LogP) is 2.60. The number of aliphatic hydroxyl groups excluding tert-OH is 1. The van der Waals surface area contributed by atoms with Crippen molar-refractivity contribution in [2.45, 2.75) is 13.0 Å². The molecule has 4 aromatic rings. The minimum Gasteiger partial charge on any atom is -0.387 e. The smallest absolute Gasteiger partial charge is 0.246 e. The number of anilines is 1. The average molecular weight is 459 g/mol. The molecule has 0 bridgehead atoms. The molecule has 4 N–H and O–H groups in total. The summed E-state index contributed by atoms with van der Waals surface area (Å²) in [7, 11) is 0. The van der Waals surface area contributed by atoms with Crippen molar-refractivity contribution in [3.63, 3.8) is 0 Å². The van der Waals surface area contributed by atoms with Gasteiger partial charge in [0.1, 0.15) is 18.2 Å². The van der Waals surface area contributed by atoms with Crippen molar-refractivity contribution in [1.29, 1.82) is 0 Å². The average Bonchev–Trinajstić information content (AvgIpc) is 3.13. The first kappa shape index (κ1) is 19.2. The highest BCUT2D eigenvalue weighted by molar-refractivity contribution is 9.10. The van der Waals surface area contributed by atoms with E-state index in [-0.39, 0.29) is 5.82 Å². The summed E-state index contributed by atoms with van der Waals surface area (Å²) < 4.78 is 15.6. The number of carbonyl (C=O) groups is 1. The van der Waals surface area contributed by atoms with Crippen LogP contribution in [0.3, 0.4) is 0 Å². The summed E-state index contributed by atoms with van der Waals surface area (Å²) in [5.74, 6) is -0.571. The fraction of sp³-hybridized carbons (Fsp3) is 0.158. The number of nitrogens with one attached hydrogen (secondary N) is 1. The normalized spacial score (nSPS) is 12.4. The van der Waals surface area contributed by atoms with E-state index in [1.165, 1.54) is 16.6 Å². The Kier molecular flexibility index (Phi) is 4.89. The molecule has 29 heavy (non-hydrogen) atoms. The number of pyridine rings is 1. The molecule has 0 radical (unpaired) electrons. The summed E-state index contributed by atoms with van der Waals surface area (Å²) in [5.41, 5.74) is 9.18. The Hall–Kier alpha value is -3.11. The van der Waals surface area contributed by atoms with Gasteiger partial charge in [0.15, 0.2) is 5.65 Å². The number of nitrogen functional groups attached to an aromatic ring is 1. The maximum atomic E-state index is 13.6. The number of nitrogens with two attached hydrogens (primary N) is 1. The zero-order valence-electron chi connectivity index (χ0n) is 15.2. The fourth-order valence-corrected chi connectivity index (χ4v) is 3.71. The molecule has 0 saturated heterocycles. The van der Waals surface area contributed by atoms with Gasteiger partial charge in [-0.25, -0.2) is 9.37 Å². The van der Waals surface area contributed by atoms with E-state index in [4.69, 9.17) is 10.8 Å². The first-order chi connectivity index (χ1) is 13.9. The first-order valence-electron chi connectivity index (χ1n) is 8.67. The standard InChI is InChI=1S/C19H16BrFN6O2/c1-9(25-15(29)8-28)17-16(20)18(22)27-19(26-17)13(7-24-27)11-4-10-5-12(21)2-3-14(10)23-6-11/h2-7,9,28H,8,22H2,1H3,(H,25,29). The fourth-order valence-electron chi connectivity index (χ4n) is 3.11. The Balaban J connectivity index is 1.87. The van der Waals surface area contributed by atoms with Crippen molar-refractivity contribution in [1.82, 2.24) is 24.9 Å². The molecule has 0 aliphatic heterocycles. The van der Waals surface area contributed by atoms with Crippen LogP contribution in [-0.4, -0.2) is 37.2 Å². The van der Waals surface area contributed by atoms with Crippen molar-refractivity contribution in [3.8, 4) is 11.1 Å². The lowest BCUT2D eigenvalue weighted by molar-refractivity contribution is -0.124. The maximum absolute atomic E-state index is 13.6. The van der Waals surface area contributed by atoms with Crippen LogP contribution in [0.1, 0.15) is 18.7 Å². The summed E-state index contributed by atoms with van der Waals surface area (Å²) in [5, 5.41) is 16.6. The number of nitrogens with zero attached hydrogens (tertiary/aromatic N) is 4. The van der Waals surface area contributed by atoms with Gasteiger partial charge in [0, 0.05) is 22.7 Å². The van der Waals surface area contributed by atoms with E-state index >= 15 is 0 Å². The van der Waals surface area contributed by atoms with Crippen LogP contribution in [-0.2, 0) is 4.79 Å². The van der Waals surface area contributed by atoms with Gasteiger partial charge in [-0.05, 0) is 47.1 Å². The van der Waals surface area contributed by atoms with Gasteiger partial charge in [0.2, 0.25) is 5.91 Å². The summed E-state index contributed by atoms with van der Waals surface area (Å²) in [6.45, 7) is 1.10. The first-order valence-corrected chi connectivity index (χ1v) is 9.47. The molecule has 1 aromatic carbocycles. The number of aliphatic hydroxyl groups is 1. The number of aromatic nitrogens is 4. The molecule has 3 aromatic heterocycles. The van der Waals surface area contributed by atoms with Gasteiger partial charge in [0.05, 0.1) is 27.9 Å². The third-order valence-electron chi connectivity index (χ3n) is 4.53. The van der Waals surface area contributed by atoms with Crippen LogP contribution in [0.25, 0.3) is 27.7 Å². The number of hydrogen-bond donors (Lipinski definition) is 3. The van der Waals surface area contributed by atoms with E-state index in [1.807, 2.05) is 0 Å². The number of rotatable bonds is 4. The number of fused-ring (bicyclic) bond motifs is 2. The molecular formula is C19H16BrFN6O2. The van der Waals surface area contributed by atoms with Crippen LogP contribution in [0.2, 0.25) is 0 Å². The summed E-state index contributed by atoms with van der Waals surface area (Å²) in [6.07, 6.45) is 3.27. The van der Waals surface area contributed by atoms with Gasteiger partial charge in [-0.3, -0.25) is 9.78 Å². The van der Waals surface area contributed by atoms with Gasteiger partial charge in [-0.1, -0.05) is 0 Å². The lowest BCUT2D eigenvalue weighted by Gasteiger charge is -2.16. The van der Waals surface area contributed by atoms with E-state index in [1.54, 1.807) is 31.5 Å². The van der Waals surface area contributed by atoms with Crippen LogP contribution in [0.15, 0.2) is 41.1 Å². The largest absolute Gasteiger partial charge is 0.387 e. The van der Waals surface area contributed by atoms with E-state index in [2.05, 4.69) is 36.3 Å². The second-order valence-electron chi connectivity index (χ2n) is 6.50. The molecule has 0 saturated carbocycles. The molecule has 148 valence electrons. The molecule has 0 aliphatic carbocycles. The molecule has 1 atom stereocenters. The highest BCUT2D eigenvalue weighted by Gasteiger charge is 2.21. The molecule has 3 heterocycles. The number of amides is 1. The Morgan fingerprint density at radius 2 is 2.17 bits per heavy atom. The highest BCUT2D eigenvalue weighted by Crippen LogP contribution is 2.32. The number of halogens is 2. The van der Waals surface area contributed by atoms with Gasteiger partial charge >= 0.3 is 0 Å². The summed E-state index contributed by atoms with van der Waals surface area (Å²) >= 11 is 3.40. The monoisotopic (exact) mass is 458 g/mol. The third-order valence-corrected chi connectivity index (χ3v) is 5.35. The molecule has 0 spiro atoms. The van der Waals surface area contributed by atoms with Crippen molar-refractivity contribution in [2.75, 3.05) is 12.3 Å². The van der Waals surface area contributed by atoms with Crippen molar-refractivity contribution >= 4 is 44.2 Å². The zero-order valence-corrected chi connectivity index (χ0v) is 16.8. The molecule has 1 amide bonds. The minimum absolute atomic E-state index is 0.307. The van der Waals surface area contributed by atoms with E-state index in [0.29, 0.717) is 43.7 Å². The molecule has 1 unspecified atom stereocenters. The van der Waals surface area contributed by atoms with Crippen molar-refractivity contribution in [2.24, 2.45) is 0 Å². The van der Waals surface area contributed by atoms with Gasteiger partial charge in [-0.15, -0.1) is 0 Å². The quantitative estimate of drug-likeness (QED) is 0.432. The van der Waals surface area contributed by atoms with E-state index in [0.717, 1.165) is 0 Å². The Bertz CT molecular complexity index is 1260. The Morgan fingerprint density at radius 1 is 1.38 bits per heavy atom. The van der Waals surface area contributed by atoms with Crippen LogP contribution in [0, 0.1) is 5.82 Å².